The van der Waals surface area contributed by atoms with Gasteiger partial charge in [0.2, 0.25) is 0 Å². The van der Waals surface area contributed by atoms with Crippen LogP contribution in [0.5, 0.6) is 0 Å². The molecule has 0 aliphatic carbocycles. The van der Waals surface area contributed by atoms with Gasteiger partial charge in [-0.2, -0.15) is 0 Å². The van der Waals surface area contributed by atoms with Crippen molar-refractivity contribution < 1.29 is 14.3 Å². The van der Waals surface area contributed by atoms with Gasteiger partial charge in [-0.15, -0.1) is 0 Å². The van der Waals surface area contributed by atoms with Gasteiger partial charge in [-0.25, -0.2) is 9.78 Å². The zero-order valence-corrected chi connectivity index (χ0v) is 22.4. The van der Waals surface area contributed by atoms with Gasteiger partial charge < -0.3 is 4.74 Å². The van der Waals surface area contributed by atoms with Crippen LogP contribution in [0.1, 0.15) is 32.1 Å². The van der Waals surface area contributed by atoms with Crippen LogP contribution in [0.15, 0.2) is 67.0 Å². The number of ether oxygens (including phenoxy) is 1. The minimum absolute atomic E-state index is 0.00450. The van der Waals surface area contributed by atoms with Gasteiger partial charge in [0.1, 0.15) is 11.6 Å². The first-order valence-electron chi connectivity index (χ1n) is 10.0. The van der Waals surface area contributed by atoms with Crippen LogP contribution in [0.2, 0.25) is 30.1 Å². The third-order valence-electron chi connectivity index (χ3n) is 4.86. The molecule has 4 aromatic rings. The van der Waals surface area contributed by atoms with Crippen LogP contribution in [-0.2, 0) is 4.74 Å². The lowest BCUT2D eigenvalue weighted by molar-refractivity contribution is 0.0693. The lowest BCUT2D eigenvalue weighted by Crippen LogP contribution is -2.14. The average molecular weight is 601 g/mol. The molecule has 0 bridgehead atoms. The standard InChI is InChI=1S/C25H12Cl6N2O3/c26-13-1-4-16(19(29)9-13)22(36-25(35)18-6-3-15(28)11-21(18)31)12-23-32-7-8-33(23)24(34)17-5-2-14(27)10-20(17)30/h1-12H/b22-12-. The van der Waals surface area contributed by atoms with Crippen LogP contribution in [-0.4, -0.2) is 21.4 Å². The number of carbonyl (C=O) groups is 2. The predicted octanol–water partition coefficient (Wildman–Crippen LogP) is 8.85. The SMILES string of the molecule is O=C(O/C(=C\c1nccn1C(=O)c1ccc(Cl)cc1Cl)c1ccc(Cl)cc1Cl)c1ccc(Cl)cc1Cl. The molecule has 3 aromatic carbocycles. The molecule has 0 aliphatic rings. The van der Waals surface area contributed by atoms with Crippen molar-refractivity contribution >= 4 is 93.3 Å². The number of rotatable bonds is 5. The lowest BCUT2D eigenvalue weighted by Gasteiger charge is -2.13. The molecule has 0 aliphatic heterocycles. The Kier molecular flexibility index (Phi) is 8.30. The van der Waals surface area contributed by atoms with Crippen LogP contribution in [0.25, 0.3) is 11.8 Å². The first-order chi connectivity index (χ1) is 17.1. The topological polar surface area (TPSA) is 61.2 Å². The molecule has 0 N–H and O–H groups in total. The highest BCUT2D eigenvalue weighted by atomic mass is 35.5. The molecule has 0 unspecified atom stereocenters. The molecule has 4 rings (SSSR count). The number of esters is 1. The van der Waals surface area contributed by atoms with Crippen LogP contribution in [0.4, 0.5) is 0 Å². The van der Waals surface area contributed by atoms with Crippen molar-refractivity contribution in [1.29, 1.82) is 0 Å². The van der Waals surface area contributed by atoms with E-state index in [1.165, 1.54) is 59.4 Å². The molecule has 36 heavy (non-hydrogen) atoms. The van der Waals surface area contributed by atoms with Crippen LogP contribution >= 0.6 is 69.6 Å². The summed E-state index contributed by atoms with van der Waals surface area (Å²) < 4.78 is 6.91. The summed E-state index contributed by atoms with van der Waals surface area (Å²) in [5.41, 5.74) is 0.597. The van der Waals surface area contributed by atoms with Crippen molar-refractivity contribution in [1.82, 2.24) is 9.55 Å². The number of carbonyl (C=O) groups excluding carboxylic acids is 2. The molecule has 0 saturated heterocycles. The summed E-state index contributed by atoms with van der Waals surface area (Å²) in [5.74, 6) is -1.12. The molecule has 0 radical (unpaired) electrons. The Balaban J connectivity index is 1.79. The predicted molar refractivity (Wildman–Crippen MR) is 145 cm³/mol. The maximum Gasteiger partial charge on any atom is 0.345 e. The van der Waals surface area contributed by atoms with E-state index in [1.807, 2.05) is 0 Å². The second kappa shape index (κ2) is 11.3. The minimum atomic E-state index is -0.779. The van der Waals surface area contributed by atoms with E-state index in [4.69, 9.17) is 74.3 Å². The molecule has 1 heterocycles. The van der Waals surface area contributed by atoms with Crippen molar-refractivity contribution in [3.05, 3.63) is 120 Å². The van der Waals surface area contributed by atoms with E-state index >= 15 is 0 Å². The van der Waals surface area contributed by atoms with E-state index in [0.29, 0.717) is 20.6 Å². The quantitative estimate of drug-likeness (QED) is 0.170. The number of hydrogen-bond donors (Lipinski definition) is 0. The van der Waals surface area contributed by atoms with Gasteiger partial charge in [0.05, 0.1) is 26.2 Å². The van der Waals surface area contributed by atoms with Crippen LogP contribution in [0.3, 0.4) is 0 Å². The van der Waals surface area contributed by atoms with Crippen molar-refractivity contribution in [2.45, 2.75) is 0 Å². The van der Waals surface area contributed by atoms with Crippen molar-refractivity contribution in [3.8, 4) is 0 Å². The van der Waals surface area contributed by atoms with Crippen molar-refractivity contribution in [2.75, 3.05) is 0 Å². The van der Waals surface area contributed by atoms with E-state index in [1.54, 1.807) is 18.2 Å². The van der Waals surface area contributed by atoms with Crippen LogP contribution in [0, 0.1) is 0 Å². The van der Waals surface area contributed by atoms with E-state index < -0.39 is 11.9 Å². The molecule has 0 fully saturated rings. The van der Waals surface area contributed by atoms with E-state index in [0.717, 1.165) is 0 Å². The monoisotopic (exact) mass is 598 g/mol. The van der Waals surface area contributed by atoms with Gasteiger partial charge in [-0.3, -0.25) is 9.36 Å². The maximum atomic E-state index is 13.2. The molecule has 182 valence electrons. The highest BCUT2D eigenvalue weighted by Gasteiger charge is 2.21. The van der Waals surface area contributed by atoms with E-state index in [-0.39, 0.29) is 37.8 Å². The summed E-state index contributed by atoms with van der Waals surface area (Å²) in [4.78, 5) is 30.4. The Morgan fingerprint density at radius 2 is 1.22 bits per heavy atom. The molecule has 1 aromatic heterocycles. The Morgan fingerprint density at radius 3 is 1.75 bits per heavy atom. The minimum Gasteiger partial charge on any atom is -0.422 e. The third-order valence-corrected chi connectivity index (χ3v) is 6.50. The van der Waals surface area contributed by atoms with Crippen molar-refractivity contribution in [3.63, 3.8) is 0 Å². The van der Waals surface area contributed by atoms with Crippen LogP contribution < -0.4 is 0 Å². The van der Waals surface area contributed by atoms with E-state index in [9.17, 15) is 9.59 Å². The fraction of sp³-hybridized carbons (Fsp3) is 0. The summed E-state index contributed by atoms with van der Waals surface area (Å²) in [7, 11) is 0. The highest BCUT2D eigenvalue weighted by molar-refractivity contribution is 6.38. The Morgan fingerprint density at radius 1 is 0.722 bits per heavy atom. The summed E-state index contributed by atoms with van der Waals surface area (Å²) in [6.45, 7) is 0. The molecule has 0 saturated carbocycles. The fourth-order valence-electron chi connectivity index (χ4n) is 3.16. The largest absolute Gasteiger partial charge is 0.422 e. The van der Waals surface area contributed by atoms with E-state index in [2.05, 4.69) is 4.98 Å². The van der Waals surface area contributed by atoms with Gasteiger partial charge in [-0.1, -0.05) is 69.6 Å². The first kappa shape index (κ1) is 26.6. The number of halogens is 6. The molecule has 0 spiro atoms. The summed E-state index contributed by atoms with van der Waals surface area (Å²) in [6, 6.07) is 13.5. The highest BCUT2D eigenvalue weighted by Crippen LogP contribution is 2.31. The Hall–Kier alpha value is -2.51. The Bertz CT molecular complexity index is 1530. The second-order valence-corrected chi connectivity index (χ2v) is 9.76. The van der Waals surface area contributed by atoms with Gasteiger partial charge in [0.15, 0.2) is 0 Å². The van der Waals surface area contributed by atoms with Crippen molar-refractivity contribution in [2.24, 2.45) is 0 Å². The smallest absolute Gasteiger partial charge is 0.345 e. The number of nitrogens with zero attached hydrogens (tertiary/aromatic N) is 2. The summed E-state index contributed by atoms with van der Waals surface area (Å²) in [5, 5.41) is 1.59. The van der Waals surface area contributed by atoms with Gasteiger partial charge in [0, 0.05) is 39.1 Å². The summed E-state index contributed by atoms with van der Waals surface area (Å²) >= 11 is 36.7. The fourth-order valence-corrected chi connectivity index (χ4v) is 4.64. The third kappa shape index (κ3) is 5.89. The average Bonchev–Trinajstić information content (AvgIpc) is 3.26. The summed E-state index contributed by atoms with van der Waals surface area (Å²) in [6.07, 6.45) is 4.24. The number of hydrogen-bond acceptors (Lipinski definition) is 4. The number of imidazole rings is 1. The zero-order valence-electron chi connectivity index (χ0n) is 17.8. The normalized spacial score (nSPS) is 11.4. The maximum absolute atomic E-state index is 13.2. The molecular weight excluding hydrogens is 589 g/mol. The molecule has 5 nitrogen and oxygen atoms in total. The second-order valence-electron chi connectivity index (χ2n) is 7.23. The zero-order chi connectivity index (χ0) is 26.0. The molecule has 0 atom stereocenters. The molecule has 0 amide bonds. The van der Waals surface area contributed by atoms with Gasteiger partial charge >= 0.3 is 5.97 Å². The number of aromatic nitrogens is 2. The van der Waals surface area contributed by atoms with Gasteiger partial charge in [-0.05, 0) is 54.6 Å². The Labute approximate surface area is 235 Å². The lowest BCUT2D eigenvalue weighted by atomic mass is 10.1. The molecule has 11 heteroatoms. The molecular formula is C25H12Cl6N2O3. The van der Waals surface area contributed by atoms with Gasteiger partial charge in [0.25, 0.3) is 5.91 Å². The number of benzene rings is 3. The first-order valence-corrected chi connectivity index (χ1v) is 12.3.